The van der Waals surface area contributed by atoms with Crippen LogP contribution in [0.2, 0.25) is 0 Å². The van der Waals surface area contributed by atoms with Gasteiger partial charge in [-0.15, -0.1) is 0 Å². The van der Waals surface area contributed by atoms with Crippen LogP contribution in [0.5, 0.6) is 0 Å². The molecule has 3 N–H and O–H groups in total. The summed E-state index contributed by atoms with van der Waals surface area (Å²) in [5.74, 6) is -3.09. The van der Waals surface area contributed by atoms with E-state index in [0.717, 1.165) is 0 Å². The molecule has 0 aliphatic rings. The first-order chi connectivity index (χ1) is 5.38. The third-order valence-corrected chi connectivity index (χ3v) is 1.51. The minimum atomic E-state index is -4.35. The van der Waals surface area contributed by atoms with Crippen LogP contribution >= 0.6 is 0 Å². The quantitative estimate of drug-likeness (QED) is 0.606. The number of carbonyl (C=O) groups excluding carboxylic acids is 1. The van der Waals surface area contributed by atoms with Gasteiger partial charge in [-0.3, -0.25) is 0 Å². The first kappa shape index (κ1) is 11.2. The standard InChI is InChI=1S/C6H10F3NO2/c7-6(8,9)4(3-10)1-2-5(11)12/h4H,1-3,10H2,(H,11,12)/t4-/m0/s1. The van der Waals surface area contributed by atoms with Gasteiger partial charge in [-0.05, 0) is 12.8 Å². The Morgan fingerprint density at radius 3 is 2.25 bits per heavy atom. The van der Waals surface area contributed by atoms with Gasteiger partial charge in [-0.1, -0.05) is 0 Å². The highest BCUT2D eigenvalue weighted by Crippen LogP contribution is 2.28. The zero-order valence-corrected chi connectivity index (χ0v) is 6.36. The summed E-state index contributed by atoms with van der Waals surface area (Å²) in [4.78, 5) is 9.85. The van der Waals surface area contributed by atoms with E-state index in [0.29, 0.717) is 0 Å². The molecule has 72 valence electrons. The maximum Gasteiger partial charge on any atom is 0.397 e. The number of hydrogen-bond acceptors (Lipinski definition) is 2. The van der Waals surface area contributed by atoms with Gasteiger partial charge in [-0.25, -0.2) is 0 Å². The molecule has 12 heavy (non-hydrogen) atoms. The van der Waals surface area contributed by atoms with Crippen LogP contribution in [0.15, 0.2) is 0 Å². The molecule has 0 saturated heterocycles. The second-order valence-electron chi connectivity index (χ2n) is 2.44. The van der Waals surface area contributed by atoms with Crippen molar-refractivity contribution in [3.05, 3.63) is 0 Å². The normalized spacial score (nSPS) is 14.3. The lowest BCUT2D eigenvalue weighted by atomic mass is 10.0. The van der Waals surface area contributed by atoms with Crippen LogP contribution in [0.1, 0.15) is 12.8 Å². The summed E-state index contributed by atoms with van der Waals surface area (Å²) in [7, 11) is 0. The van der Waals surface area contributed by atoms with E-state index in [1.807, 2.05) is 0 Å². The molecule has 0 aliphatic heterocycles. The third-order valence-electron chi connectivity index (χ3n) is 1.51. The van der Waals surface area contributed by atoms with Crippen molar-refractivity contribution in [1.82, 2.24) is 0 Å². The summed E-state index contributed by atoms with van der Waals surface area (Å²) in [6.07, 6.45) is -5.37. The number of rotatable bonds is 4. The van der Waals surface area contributed by atoms with Gasteiger partial charge in [0.25, 0.3) is 0 Å². The van der Waals surface area contributed by atoms with E-state index in [4.69, 9.17) is 0 Å². The number of halogens is 3. The third kappa shape index (κ3) is 4.17. The van der Waals surface area contributed by atoms with Crippen LogP contribution in [0.4, 0.5) is 13.2 Å². The van der Waals surface area contributed by atoms with Crippen molar-refractivity contribution < 1.29 is 28.8 Å². The molecule has 0 aromatic heterocycles. The van der Waals surface area contributed by atoms with Crippen molar-refractivity contribution in [2.24, 2.45) is 5.92 Å². The van der Waals surface area contributed by atoms with Crippen molar-refractivity contribution in [3.63, 3.8) is 0 Å². The summed E-state index contributed by atoms with van der Waals surface area (Å²) in [6.45, 7) is -0.337. The number of quaternary nitrogens is 1. The average molecular weight is 185 g/mol. The number of aliphatic carboxylic acids is 1. The van der Waals surface area contributed by atoms with E-state index in [-0.39, 0.29) is 6.54 Å². The van der Waals surface area contributed by atoms with Gasteiger partial charge < -0.3 is 15.6 Å². The molecule has 0 aliphatic carbocycles. The Morgan fingerprint density at radius 2 is 2.00 bits per heavy atom. The lowest BCUT2D eigenvalue weighted by Gasteiger charge is -2.16. The van der Waals surface area contributed by atoms with E-state index in [9.17, 15) is 23.1 Å². The molecule has 1 atom stereocenters. The molecule has 0 saturated carbocycles. The fourth-order valence-electron chi connectivity index (χ4n) is 0.764. The van der Waals surface area contributed by atoms with Crippen LogP contribution < -0.4 is 10.8 Å². The van der Waals surface area contributed by atoms with Gasteiger partial charge in [0.1, 0.15) is 5.92 Å². The monoisotopic (exact) mass is 185 g/mol. The predicted molar refractivity (Wildman–Crippen MR) is 31.5 cm³/mol. The number of carbonyl (C=O) groups is 1. The number of carboxylic acids is 1. The molecule has 0 amide bonds. The van der Waals surface area contributed by atoms with Crippen LogP contribution in [0.25, 0.3) is 0 Å². The fraction of sp³-hybridized carbons (Fsp3) is 0.833. The van der Waals surface area contributed by atoms with Crippen LogP contribution in [0, 0.1) is 5.92 Å². The smallest absolute Gasteiger partial charge is 0.397 e. The number of carboxylic acid groups (broad SMARTS) is 1. The first-order valence-electron chi connectivity index (χ1n) is 3.43. The van der Waals surface area contributed by atoms with Gasteiger partial charge in [0.05, 0.1) is 6.54 Å². The Kier molecular flexibility index (Phi) is 4.02. The lowest BCUT2D eigenvalue weighted by Crippen LogP contribution is -2.56. The van der Waals surface area contributed by atoms with Gasteiger partial charge in [-0.2, -0.15) is 13.2 Å². The van der Waals surface area contributed by atoms with Gasteiger partial charge in [0.2, 0.25) is 0 Å². The average Bonchev–Trinajstić information content (AvgIpc) is 1.85. The molecule has 0 heterocycles. The minimum absolute atomic E-state index is 0.337. The van der Waals surface area contributed by atoms with Crippen LogP contribution in [-0.2, 0) is 4.79 Å². The summed E-state index contributed by atoms with van der Waals surface area (Å²) in [5, 5.41) is 9.85. The molecule has 0 bridgehead atoms. The summed E-state index contributed by atoms with van der Waals surface area (Å²) in [6, 6.07) is 0. The summed E-state index contributed by atoms with van der Waals surface area (Å²) < 4.78 is 35.8. The Labute approximate surface area is 67.4 Å². The zero-order chi connectivity index (χ0) is 9.78. The van der Waals surface area contributed by atoms with Gasteiger partial charge >= 0.3 is 6.18 Å². The molecule has 3 nitrogen and oxygen atoms in total. The molecule has 0 rings (SSSR count). The Bertz CT molecular complexity index is 157. The lowest BCUT2D eigenvalue weighted by molar-refractivity contribution is -0.398. The second-order valence-corrected chi connectivity index (χ2v) is 2.44. The van der Waals surface area contributed by atoms with E-state index >= 15 is 0 Å². The minimum Gasteiger partial charge on any atom is -0.550 e. The molecular weight excluding hydrogens is 175 g/mol. The fourth-order valence-corrected chi connectivity index (χ4v) is 0.764. The molecule has 0 unspecified atom stereocenters. The van der Waals surface area contributed by atoms with E-state index in [2.05, 4.69) is 5.73 Å². The first-order valence-corrected chi connectivity index (χ1v) is 3.43. The van der Waals surface area contributed by atoms with Crippen molar-refractivity contribution in [3.8, 4) is 0 Å². The molecule has 0 aromatic rings. The topological polar surface area (TPSA) is 67.8 Å². The van der Waals surface area contributed by atoms with Crippen LogP contribution in [0.3, 0.4) is 0 Å². The summed E-state index contributed by atoms with van der Waals surface area (Å²) in [5.41, 5.74) is 3.10. The zero-order valence-electron chi connectivity index (χ0n) is 6.36. The Hall–Kier alpha value is -0.780. The molecule has 0 aromatic carbocycles. The SMILES string of the molecule is [NH3+]C[C@H](CCC(=O)[O-])C(F)(F)F. The van der Waals surface area contributed by atoms with Crippen molar-refractivity contribution in [2.45, 2.75) is 19.0 Å². The molecule has 0 radical (unpaired) electrons. The van der Waals surface area contributed by atoms with E-state index < -0.39 is 30.9 Å². The van der Waals surface area contributed by atoms with E-state index in [1.165, 1.54) is 0 Å². The molecule has 0 spiro atoms. The van der Waals surface area contributed by atoms with Crippen molar-refractivity contribution in [1.29, 1.82) is 0 Å². The molecule has 6 heteroatoms. The highest BCUT2D eigenvalue weighted by atomic mass is 19.4. The van der Waals surface area contributed by atoms with Crippen molar-refractivity contribution >= 4 is 5.97 Å². The largest absolute Gasteiger partial charge is 0.550 e. The predicted octanol–water partition coefficient (Wildman–Crippen LogP) is -1.06. The number of alkyl halides is 3. The summed E-state index contributed by atoms with van der Waals surface area (Å²) >= 11 is 0. The highest BCUT2D eigenvalue weighted by molar-refractivity contribution is 5.64. The molecule has 0 fully saturated rings. The second kappa shape index (κ2) is 4.30. The number of hydrogen-bond donors (Lipinski definition) is 1. The maximum absolute atomic E-state index is 11.9. The van der Waals surface area contributed by atoms with Gasteiger partial charge in [0, 0.05) is 5.97 Å². The highest BCUT2D eigenvalue weighted by Gasteiger charge is 2.39. The van der Waals surface area contributed by atoms with Crippen LogP contribution in [-0.4, -0.2) is 18.7 Å². The molecular formula is C6H10F3NO2. The Morgan fingerprint density at radius 1 is 1.50 bits per heavy atom. The van der Waals surface area contributed by atoms with Gasteiger partial charge in [0.15, 0.2) is 0 Å². The maximum atomic E-state index is 11.9. The van der Waals surface area contributed by atoms with E-state index in [1.54, 1.807) is 0 Å². The Balaban J connectivity index is 3.92. The van der Waals surface area contributed by atoms with Crippen molar-refractivity contribution in [2.75, 3.05) is 6.54 Å².